The zero-order valence-electron chi connectivity index (χ0n) is 13.4. The van der Waals surface area contributed by atoms with Crippen molar-refractivity contribution < 1.29 is 9.59 Å². The Balaban J connectivity index is 1.38. The first-order chi connectivity index (χ1) is 10.7. The number of piperidine rings is 1. The number of nitrogens with one attached hydrogen (secondary N) is 2. The first-order valence-corrected chi connectivity index (χ1v) is 8.78. The summed E-state index contributed by atoms with van der Waals surface area (Å²) in [6.45, 7) is 3.92. The Bertz CT molecular complexity index is 401. The molecule has 0 aromatic rings. The first kappa shape index (κ1) is 15.6. The Kier molecular flexibility index (Phi) is 5.18. The number of urea groups is 1. The Morgan fingerprint density at radius 1 is 1.09 bits per heavy atom. The molecule has 3 rings (SSSR count). The molecular formula is C16H28N4O2. The quantitative estimate of drug-likeness (QED) is 0.812. The highest BCUT2D eigenvalue weighted by atomic mass is 16.2. The van der Waals surface area contributed by atoms with Crippen molar-refractivity contribution in [3.63, 3.8) is 0 Å². The standard InChI is InChI=1S/C16H28N4O2/c21-15(18-13-4-2-1-3-5-13)12-19-9-6-14(7-10-19)20-11-8-17-16(20)22/h13-14H,1-12H2,(H,17,22)(H,18,21). The number of rotatable bonds is 4. The van der Waals surface area contributed by atoms with Crippen LogP contribution in [0.4, 0.5) is 4.79 Å². The fourth-order valence-corrected chi connectivity index (χ4v) is 3.95. The molecule has 3 fully saturated rings. The molecule has 0 radical (unpaired) electrons. The zero-order chi connectivity index (χ0) is 15.4. The van der Waals surface area contributed by atoms with E-state index in [0.29, 0.717) is 18.6 Å². The summed E-state index contributed by atoms with van der Waals surface area (Å²) in [6, 6.07) is 0.820. The van der Waals surface area contributed by atoms with Gasteiger partial charge in [-0.05, 0) is 25.7 Å². The van der Waals surface area contributed by atoms with Crippen LogP contribution in [0.3, 0.4) is 0 Å². The fraction of sp³-hybridized carbons (Fsp3) is 0.875. The summed E-state index contributed by atoms with van der Waals surface area (Å²) < 4.78 is 0. The second-order valence-electron chi connectivity index (χ2n) is 6.84. The Hall–Kier alpha value is -1.30. The highest BCUT2D eigenvalue weighted by Gasteiger charge is 2.31. The molecule has 0 unspecified atom stereocenters. The van der Waals surface area contributed by atoms with Gasteiger partial charge in [-0.3, -0.25) is 9.69 Å². The minimum Gasteiger partial charge on any atom is -0.352 e. The van der Waals surface area contributed by atoms with Gasteiger partial charge in [0.05, 0.1) is 6.54 Å². The van der Waals surface area contributed by atoms with E-state index in [-0.39, 0.29) is 11.9 Å². The van der Waals surface area contributed by atoms with Crippen LogP contribution < -0.4 is 10.6 Å². The van der Waals surface area contributed by atoms with Crippen molar-refractivity contribution in [3.05, 3.63) is 0 Å². The lowest BCUT2D eigenvalue weighted by atomic mass is 9.95. The third-order valence-corrected chi connectivity index (χ3v) is 5.23. The van der Waals surface area contributed by atoms with Crippen molar-refractivity contribution >= 4 is 11.9 Å². The molecule has 2 N–H and O–H groups in total. The van der Waals surface area contributed by atoms with Gasteiger partial charge in [-0.25, -0.2) is 4.79 Å². The van der Waals surface area contributed by atoms with Gasteiger partial charge in [-0.2, -0.15) is 0 Å². The van der Waals surface area contributed by atoms with E-state index in [9.17, 15) is 9.59 Å². The van der Waals surface area contributed by atoms with Crippen LogP contribution in [0.1, 0.15) is 44.9 Å². The van der Waals surface area contributed by atoms with Crippen molar-refractivity contribution in [1.82, 2.24) is 20.4 Å². The molecule has 124 valence electrons. The zero-order valence-corrected chi connectivity index (χ0v) is 13.4. The number of nitrogens with zero attached hydrogens (tertiary/aromatic N) is 2. The molecule has 3 amide bonds. The minimum absolute atomic E-state index is 0.0773. The summed E-state index contributed by atoms with van der Waals surface area (Å²) in [5, 5.41) is 6.05. The molecule has 6 heteroatoms. The third-order valence-electron chi connectivity index (χ3n) is 5.23. The van der Waals surface area contributed by atoms with Gasteiger partial charge in [0.1, 0.15) is 0 Å². The average Bonchev–Trinajstić information content (AvgIpc) is 2.95. The molecule has 0 spiro atoms. The number of hydrogen-bond acceptors (Lipinski definition) is 3. The molecule has 2 heterocycles. The van der Waals surface area contributed by atoms with E-state index in [0.717, 1.165) is 51.9 Å². The summed E-state index contributed by atoms with van der Waals surface area (Å²) in [5.41, 5.74) is 0. The highest BCUT2D eigenvalue weighted by molar-refractivity contribution is 5.78. The average molecular weight is 308 g/mol. The summed E-state index contributed by atoms with van der Waals surface area (Å²) in [7, 11) is 0. The number of amides is 3. The van der Waals surface area contributed by atoms with Gasteiger partial charge in [-0.15, -0.1) is 0 Å². The molecule has 0 aromatic heterocycles. The second kappa shape index (κ2) is 7.31. The number of carbonyl (C=O) groups excluding carboxylic acids is 2. The molecular weight excluding hydrogens is 280 g/mol. The van der Waals surface area contributed by atoms with E-state index in [1.165, 1.54) is 19.3 Å². The molecule has 2 saturated heterocycles. The number of likely N-dealkylation sites (tertiary alicyclic amines) is 1. The molecule has 0 bridgehead atoms. The van der Waals surface area contributed by atoms with Crippen LogP contribution >= 0.6 is 0 Å². The van der Waals surface area contributed by atoms with Crippen molar-refractivity contribution in [2.45, 2.75) is 57.0 Å². The monoisotopic (exact) mass is 308 g/mol. The topological polar surface area (TPSA) is 64.7 Å². The normalized spacial score (nSPS) is 25.3. The van der Waals surface area contributed by atoms with E-state index in [1.54, 1.807) is 0 Å². The van der Waals surface area contributed by atoms with Crippen molar-refractivity contribution in [3.8, 4) is 0 Å². The summed E-state index contributed by atoms with van der Waals surface area (Å²) in [4.78, 5) is 28.0. The molecule has 2 aliphatic heterocycles. The van der Waals surface area contributed by atoms with E-state index >= 15 is 0 Å². The van der Waals surface area contributed by atoms with Crippen molar-refractivity contribution in [2.75, 3.05) is 32.7 Å². The maximum atomic E-state index is 12.1. The third kappa shape index (κ3) is 3.91. The van der Waals surface area contributed by atoms with Gasteiger partial charge in [0.25, 0.3) is 0 Å². The van der Waals surface area contributed by atoms with Gasteiger partial charge >= 0.3 is 6.03 Å². The second-order valence-corrected chi connectivity index (χ2v) is 6.84. The Morgan fingerprint density at radius 3 is 2.45 bits per heavy atom. The van der Waals surface area contributed by atoms with E-state index < -0.39 is 0 Å². The van der Waals surface area contributed by atoms with Gasteiger partial charge in [0.15, 0.2) is 0 Å². The molecule has 0 atom stereocenters. The lowest BCUT2D eigenvalue weighted by Gasteiger charge is -2.36. The van der Waals surface area contributed by atoms with Crippen LogP contribution in [0.25, 0.3) is 0 Å². The first-order valence-electron chi connectivity index (χ1n) is 8.78. The van der Waals surface area contributed by atoms with Crippen LogP contribution in [0.15, 0.2) is 0 Å². The maximum Gasteiger partial charge on any atom is 0.317 e. The fourth-order valence-electron chi connectivity index (χ4n) is 3.95. The van der Waals surface area contributed by atoms with Crippen LogP contribution in [-0.4, -0.2) is 66.5 Å². The molecule has 6 nitrogen and oxygen atoms in total. The van der Waals surface area contributed by atoms with E-state index in [1.807, 2.05) is 4.90 Å². The Labute approximate surface area is 132 Å². The molecule has 1 aliphatic carbocycles. The molecule has 22 heavy (non-hydrogen) atoms. The van der Waals surface area contributed by atoms with Crippen LogP contribution in [0.5, 0.6) is 0 Å². The summed E-state index contributed by atoms with van der Waals surface area (Å²) >= 11 is 0. The molecule has 1 saturated carbocycles. The van der Waals surface area contributed by atoms with Crippen molar-refractivity contribution in [1.29, 1.82) is 0 Å². The van der Waals surface area contributed by atoms with Gasteiger partial charge in [0, 0.05) is 38.3 Å². The van der Waals surface area contributed by atoms with E-state index in [2.05, 4.69) is 15.5 Å². The lowest BCUT2D eigenvalue weighted by Crippen LogP contribution is -2.49. The van der Waals surface area contributed by atoms with Gasteiger partial charge in [0.2, 0.25) is 5.91 Å². The smallest absolute Gasteiger partial charge is 0.317 e. The number of hydrogen-bond donors (Lipinski definition) is 2. The van der Waals surface area contributed by atoms with Gasteiger partial charge < -0.3 is 15.5 Å². The molecule has 3 aliphatic rings. The predicted octanol–water partition coefficient (Wildman–Crippen LogP) is 0.925. The largest absolute Gasteiger partial charge is 0.352 e. The maximum absolute atomic E-state index is 12.1. The van der Waals surface area contributed by atoms with Gasteiger partial charge in [-0.1, -0.05) is 19.3 Å². The lowest BCUT2D eigenvalue weighted by molar-refractivity contribution is -0.123. The van der Waals surface area contributed by atoms with Crippen molar-refractivity contribution in [2.24, 2.45) is 0 Å². The molecule has 0 aromatic carbocycles. The Morgan fingerprint density at radius 2 is 1.82 bits per heavy atom. The van der Waals surface area contributed by atoms with E-state index in [4.69, 9.17) is 0 Å². The predicted molar refractivity (Wildman–Crippen MR) is 84.6 cm³/mol. The summed E-state index contributed by atoms with van der Waals surface area (Å²) in [5.74, 6) is 0.171. The number of carbonyl (C=O) groups is 2. The van der Waals surface area contributed by atoms with Crippen LogP contribution in [0, 0.1) is 0 Å². The SMILES string of the molecule is O=C(CN1CCC(N2CCNC2=O)CC1)NC1CCCCC1. The van der Waals surface area contributed by atoms with Crippen LogP contribution in [0.2, 0.25) is 0 Å². The minimum atomic E-state index is 0.0773. The summed E-state index contributed by atoms with van der Waals surface area (Å²) in [6.07, 6.45) is 8.02. The highest BCUT2D eigenvalue weighted by Crippen LogP contribution is 2.19. The van der Waals surface area contributed by atoms with Crippen LogP contribution in [-0.2, 0) is 4.79 Å².